The Morgan fingerprint density at radius 2 is 2.09 bits per heavy atom. The van der Waals surface area contributed by atoms with Crippen molar-refractivity contribution >= 4 is 0 Å². The van der Waals surface area contributed by atoms with E-state index in [-0.39, 0.29) is 5.76 Å². The van der Waals surface area contributed by atoms with Crippen LogP contribution in [-0.2, 0) is 4.74 Å². The van der Waals surface area contributed by atoms with Crippen LogP contribution in [0.15, 0.2) is 36.0 Å². The summed E-state index contributed by atoms with van der Waals surface area (Å²) in [5, 5.41) is 9.19. The van der Waals surface area contributed by atoms with Crippen molar-refractivity contribution in [3.8, 4) is 0 Å². The number of aliphatic hydroxyl groups excluding tert-OH is 1. The smallest absolute Gasteiger partial charge is 0.157 e. The van der Waals surface area contributed by atoms with Crippen molar-refractivity contribution in [1.82, 2.24) is 0 Å². The summed E-state index contributed by atoms with van der Waals surface area (Å²) in [6, 6.07) is 0. The number of hydrogen-bond acceptors (Lipinski definition) is 2. The molecule has 1 N–H and O–H groups in total. The summed E-state index contributed by atoms with van der Waals surface area (Å²) in [6.07, 6.45) is 2.90. The average Bonchev–Trinajstić information content (AvgIpc) is 1.94. The van der Waals surface area contributed by atoms with Gasteiger partial charge in [-0.05, 0) is 5.92 Å². The highest BCUT2D eigenvalue weighted by Gasteiger charge is 2.14. The van der Waals surface area contributed by atoms with Gasteiger partial charge in [0, 0.05) is 11.1 Å². The van der Waals surface area contributed by atoms with Crippen molar-refractivity contribution < 1.29 is 9.84 Å². The van der Waals surface area contributed by atoms with Gasteiger partial charge < -0.3 is 9.84 Å². The third kappa shape index (κ3) is 1.45. The first-order valence-electron chi connectivity index (χ1n) is 3.57. The fourth-order valence-electron chi connectivity index (χ4n) is 0.946. The quantitative estimate of drug-likeness (QED) is 0.625. The Hall–Kier alpha value is -1.18. The zero-order valence-electron chi connectivity index (χ0n) is 6.79. The zero-order chi connectivity index (χ0) is 8.43. The van der Waals surface area contributed by atoms with Gasteiger partial charge in [-0.3, -0.25) is 0 Å². The largest absolute Gasteiger partial charge is 0.504 e. The third-order valence-corrected chi connectivity index (χ3v) is 1.65. The molecule has 0 saturated carbocycles. The van der Waals surface area contributed by atoms with Crippen molar-refractivity contribution in [2.45, 2.75) is 13.8 Å². The van der Waals surface area contributed by atoms with Gasteiger partial charge in [-0.25, -0.2) is 0 Å². The number of aliphatic hydroxyl groups is 1. The SMILES string of the molecule is C=C1C(O)=COC=C1C(C)C. The van der Waals surface area contributed by atoms with Gasteiger partial charge in [0.2, 0.25) is 0 Å². The molecule has 0 fully saturated rings. The summed E-state index contributed by atoms with van der Waals surface area (Å²) in [6.45, 7) is 7.78. The van der Waals surface area contributed by atoms with Gasteiger partial charge in [0.05, 0.1) is 6.26 Å². The third-order valence-electron chi connectivity index (χ3n) is 1.65. The molecule has 0 unspecified atom stereocenters. The first-order valence-corrected chi connectivity index (χ1v) is 3.57. The van der Waals surface area contributed by atoms with E-state index in [1.54, 1.807) is 6.26 Å². The lowest BCUT2D eigenvalue weighted by Gasteiger charge is -2.16. The fraction of sp³-hybridized carbons (Fsp3) is 0.333. The van der Waals surface area contributed by atoms with Gasteiger partial charge in [-0.2, -0.15) is 0 Å². The fourth-order valence-corrected chi connectivity index (χ4v) is 0.946. The second-order valence-electron chi connectivity index (χ2n) is 2.85. The number of allylic oxidation sites excluding steroid dienone is 1. The molecule has 2 nitrogen and oxygen atoms in total. The highest BCUT2D eigenvalue weighted by Crippen LogP contribution is 2.26. The number of rotatable bonds is 1. The Labute approximate surface area is 66.5 Å². The normalized spacial score (nSPS) is 17.5. The van der Waals surface area contributed by atoms with Gasteiger partial charge in [0.25, 0.3) is 0 Å². The van der Waals surface area contributed by atoms with Crippen LogP contribution in [0.4, 0.5) is 0 Å². The minimum Gasteiger partial charge on any atom is -0.504 e. The minimum absolute atomic E-state index is 0.121. The highest BCUT2D eigenvalue weighted by molar-refractivity contribution is 5.42. The van der Waals surface area contributed by atoms with E-state index in [0.717, 1.165) is 5.57 Å². The van der Waals surface area contributed by atoms with Crippen LogP contribution in [-0.4, -0.2) is 5.11 Å². The molecule has 0 aromatic rings. The monoisotopic (exact) mass is 152 g/mol. The molecule has 1 rings (SSSR count). The lowest BCUT2D eigenvalue weighted by atomic mass is 9.96. The molecule has 0 aromatic heterocycles. The van der Waals surface area contributed by atoms with Crippen LogP contribution in [0.1, 0.15) is 13.8 Å². The Balaban J connectivity index is 2.85. The van der Waals surface area contributed by atoms with Crippen LogP contribution in [0.2, 0.25) is 0 Å². The van der Waals surface area contributed by atoms with E-state index in [4.69, 9.17) is 4.74 Å². The van der Waals surface area contributed by atoms with Crippen LogP contribution in [0.5, 0.6) is 0 Å². The topological polar surface area (TPSA) is 29.5 Å². The van der Waals surface area contributed by atoms with Crippen LogP contribution >= 0.6 is 0 Å². The molecular formula is C9H12O2. The maximum Gasteiger partial charge on any atom is 0.157 e. The summed E-state index contributed by atoms with van der Waals surface area (Å²) in [5.74, 6) is 0.453. The predicted octanol–water partition coefficient (Wildman–Crippen LogP) is 2.51. The first kappa shape index (κ1) is 7.92. The summed E-state index contributed by atoms with van der Waals surface area (Å²) < 4.78 is 4.89. The molecule has 1 aliphatic heterocycles. The van der Waals surface area contributed by atoms with Crippen molar-refractivity contribution in [1.29, 1.82) is 0 Å². The molecular weight excluding hydrogens is 140 g/mol. The Morgan fingerprint density at radius 1 is 1.45 bits per heavy atom. The van der Waals surface area contributed by atoms with Gasteiger partial charge in [0.15, 0.2) is 5.76 Å². The van der Waals surface area contributed by atoms with Crippen molar-refractivity contribution in [2.24, 2.45) is 5.92 Å². The molecule has 0 saturated heterocycles. The van der Waals surface area contributed by atoms with Gasteiger partial charge in [-0.1, -0.05) is 20.4 Å². The second kappa shape index (κ2) is 2.82. The van der Waals surface area contributed by atoms with E-state index >= 15 is 0 Å². The molecule has 1 aliphatic rings. The Bertz CT molecular complexity index is 234. The lowest BCUT2D eigenvalue weighted by molar-refractivity contribution is 0.325. The highest BCUT2D eigenvalue weighted by atomic mass is 16.5. The predicted molar refractivity (Wildman–Crippen MR) is 43.9 cm³/mol. The molecule has 0 amide bonds. The van der Waals surface area contributed by atoms with Crippen LogP contribution in [0.25, 0.3) is 0 Å². The van der Waals surface area contributed by atoms with Gasteiger partial charge >= 0.3 is 0 Å². The molecule has 1 heterocycles. The molecule has 11 heavy (non-hydrogen) atoms. The van der Waals surface area contributed by atoms with Crippen LogP contribution < -0.4 is 0 Å². The first-order chi connectivity index (χ1) is 5.13. The number of hydrogen-bond donors (Lipinski definition) is 1. The zero-order valence-corrected chi connectivity index (χ0v) is 6.79. The number of ether oxygens (including phenoxy) is 1. The molecule has 0 aromatic carbocycles. The molecule has 0 radical (unpaired) electrons. The van der Waals surface area contributed by atoms with Crippen molar-refractivity contribution in [3.05, 3.63) is 36.0 Å². The summed E-state index contributed by atoms with van der Waals surface area (Å²) in [5.41, 5.74) is 1.61. The van der Waals surface area contributed by atoms with E-state index in [0.29, 0.717) is 11.5 Å². The van der Waals surface area contributed by atoms with E-state index in [9.17, 15) is 5.11 Å². The molecule has 0 atom stereocenters. The van der Waals surface area contributed by atoms with E-state index in [2.05, 4.69) is 6.58 Å². The Morgan fingerprint density at radius 3 is 2.55 bits per heavy atom. The summed E-state index contributed by atoms with van der Waals surface area (Å²) in [7, 11) is 0. The van der Waals surface area contributed by atoms with Crippen molar-refractivity contribution in [3.63, 3.8) is 0 Å². The van der Waals surface area contributed by atoms with E-state index in [1.807, 2.05) is 13.8 Å². The van der Waals surface area contributed by atoms with E-state index < -0.39 is 0 Å². The van der Waals surface area contributed by atoms with Crippen molar-refractivity contribution in [2.75, 3.05) is 0 Å². The molecule has 60 valence electrons. The maximum absolute atomic E-state index is 9.19. The molecule has 2 heteroatoms. The molecule has 0 bridgehead atoms. The summed E-state index contributed by atoms with van der Waals surface area (Å²) >= 11 is 0. The standard InChI is InChI=1S/C9H12O2/c1-6(2)8-4-11-5-9(10)7(8)3/h4-6,10H,3H2,1-2H3. The average molecular weight is 152 g/mol. The van der Waals surface area contributed by atoms with E-state index in [1.165, 1.54) is 6.26 Å². The van der Waals surface area contributed by atoms with Gasteiger partial charge in [-0.15, -0.1) is 0 Å². The maximum atomic E-state index is 9.19. The minimum atomic E-state index is 0.121. The van der Waals surface area contributed by atoms with Crippen LogP contribution in [0.3, 0.4) is 0 Å². The molecule has 0 aliphatic carbocycles. The second-order valence-corrected chi connectivity index (χ2v) is 2.85. The lowest BCUT2D eigenvalue weighted by Crippen LogP contribution is -2.04. The van der Waals surface area contributed by atoms with Crippen LogP contribution in [0, 0.1) is 5.92 Å². The molecule has 0 spiro atoms. The summed E-state index contributed by atoms with van der Waals surface area (Å²) in [4.78, 5) is 0. The van der Waals surface area contributed by atoms with Gasteiger partial charge in [0.1, 0.15) is 6.26 Å². The Kier molecular flexibility index (Phi) is 2.03.